The molecule has 4 fully saturated rings. The van der Waals surface area contributed by atoms with Gasteiger partial charge in [-0.2, -0.15) is 0 Å². The van der Waals surface area contributed by atoms with Crippen LogP contribution in [0.5, 0.6) is 0 Å². The van der Waals surface area contributed by atoms with Crippen LogP contribution < -0.4 is 0 Å². The third-order valence-electron chi connectivity index (χ3n) is 12.1. The van der Waals surface area contributed by atoms with E-state index in [2.05, 4.69) is 65.0 Å². The summed E-state index contributed by atoms with van der Waals surface area (Å²) in [6.45, 7) is 12.9. The molecule has 4 aliphatic rings. The smallest absolute Gasteiger partial charge is 0.0159 e. The number of hydrogen-bond donors (Lipinski definition) is 0. The van der Waals surface area contributed by atoms with E-state index < -0.39 is 0 Å². The van der Waals surface area contributed by atoms with Gasteiger partial charge in [-0.25, -0.2) is 0 Å². The van der Waals surface area contributed by atoms with Gasteiger partial charge >= 0.3 is 0 Å². The van der Waals surface area contributed by atoms with Crippen molar-refractivity contribution in [3.63, 3.8) is 0 Å². The minimum absolute atomic E-state index is 0.622. The third-order valence-corrected chi connectivity index (χ3v) is 12.1. The Balaban J connectivity index is 1.27. The van der Waals surface area contributed by atoms with E-state index in [4.69, 9.17) is 0 Å². The number of benzene rings is 1. The molecule has 184 valence electrons. The summed E-state index contributed by atoms with van der Waals surface area (Å²) in [5, 5.41) is 0. The molecule has 1 unspecified atom stereocenters. The second-order valence-corrected chi connectivity index (χ2v) is 14.1. The molecule has 5 rings (SSSR count). The van der Waals surface area contributed by atoms with Crippen molar-refractivity contribution < 1.29 is 0 Å². The van der Waals surface area contributed by atoms with Crippen molar-refractivity contribution in [1.29, 1.82) is 0 Å². The van der Waals surface area contributed by atoms with Crippen LogP contribution in [0.1, 0.15) is 123 Å². The van der Waals surface area contributed by atoms with E-state index in [1.54, 1.807) is 18.4 Å². The zero-order valence-corrected chi connectivity index (χ0v) is 22.5. The average Bonchev–Trinajstić information content (AvgIpc) is 3.16. The van der Waals surface area contributed by atoms with Gasteiger partial charge in [0.1, 0.15) is 0 Å². The van der Waals surface area contributed by atoms with Crippen LogP contribution >= 0.6 is 0 Å². The molecule has 0 heterocycles. The molecule has 0 saturated heterocycles. The Morgan fingerprint density at radius 3 is 2.27 bits per heavy atom. The van der Waals surface area contributed by atoms with Crippen LogP contribution in [-0.2, 0) is 0 Å². The fourth-order valence-corrected chi connectivity index (χ4v) is 10.3. The van der Waals surface area contributed by atoms with Crippen LogP contribution in [0.25, 0.3) is 0 Å². The van der Waals surface area contributed by atoms with Gasteiger partial charge in [-0.3, -0.25) is 0 Å². The van der Waals surface area contributed by atoms with Gasteiger partial charge in [-0.15, -0.1) is 0 Å². The highest BCUT2D eigenvalue weighted by Gasteiger charge is 2.60. The van der Waals surface area contributed by atoms with Gasteiger partial charge in [0.15, 0.2) is 0 Å². The molecule has 0 heteroatoms. The maximum absolute atomic E-state index is 2.76. The molecular weight excluding hydrogens is 396 g/mol. The highest BCUT2D eigenvalue weighted by atomic mass is 14.6. The fourth-order valence-electron chi connectivity index (χ4n) is 10.3. The molecule has 0 radical (unpaired) electrons. The molecule has 0 nitrogen and oxygen atoms in total. The lowest BCUT2D eigenvalue weighted by Crippen LogP contribution is -2.53. The summed E-state index contributed by atoms with van der Waals surface area (Å²) in [4.78, 5) is 0. The molecule has 0 N–H and O–H groups in total. The van der Waals surface area contributed by atoms with Crippen LogP contribution in [0.15, 0.2) is 30.3 Å². The first kappa shape index (κ1) is 23.9. The number of hydrogen-bond acceptors (Lipinski definition) is 0. The van der Waals surface area contributed by atoms with Crippen LogP contribution in [-0.4, -0.2) is 0 Å². The van der Waals surface area contributed by atoms with Gasteiger partial charge in [0.05, 0.1) is 0 Å². The maximum atomic E-state index is 2.76. The van der Waals surface area contributed by atoms with Crippen molar-refractivity contribution in [1.82, 2.24) is 0 Å². The summed E-state index contributed by atoms with van der Waals surface area (Å²) in [7, 11) is 0. The Morgan fingerprint density at radius 2 is 1.52 bits per heavy atom. The second-order valence-electron chi connectivity index (χ2n) is 14.1. The molecule has 33 heavy (non-hydrogen) atoms. The van der Waals surface area contributed by atoms with Crippen molar-refractivity contribution in [3.8, 4) is 0 Å². The Kier molecular flexibility index (Phi) is 6.78. The zero-order valence-electron chi connectivity index (χ0n) is 22.5. The van der Waals surface area contributed by atoms with Gasteiger partial charge in [0, 0.05) is 0 Å². The lowest BCUT2D eigenvalue weighted by molar-refractivity contribution is -0.117. The lowest BCUT2D eigenvalue weighted by atomic mass is 9.43. The van der Waals surface area contributed by atoms with E-state index >= 15 is 0 Å². The minimum atomic E-state index is 0.622. The fraction of sp³-hybridized carbons (Fsp3) is 0.818. The summed E-state index contributed by atoms with van der Waals surface area (Å²) in [6.07, 6.45) is 17.9. The summed E-state index contributed by atoms with van der Waals surface area (Å²) < 4.78 is 0. The van der Waals surface area contributed by atoms with E-state index in [9.17, 15) is 0 Å². The first-order chi connectivity index (χ1) is 15.8. The SMILES string of the molecule is CC(C)CCC[C@@H](C)[C@H]1CC[C@H]2[C@@H]3CCC4C[C@@H](c5ccccc5)CC[C@]4(C)[C@H]3CC[C@]12C. The highest BCUT2D eigenvalue weighted by molar-refractivity contribution is 5.21. The maximum Gasteiger partial charge on any atom is -0.0159 e. The molecule has 4 saturated carbocycles. The molecule has 0 aromatic heterocycles. The molecule has 1 aromatic carbocycles. The summed E-state index contributed by atoms with van der Waals surface area (Å²) in [5.41, 5.74) is 2.88. The molecule has 9 atom stereocenters. The van der Waals surface area contributed by atoms with Crippen molar-refractivity contribution in [2.24, 2.45) is 52.3 Å². The average molecular weight is 449 g/mol. The molecular formula is C33H52. The second kappa shape index (κ2) is 9.35. The van der Waals surface area contributed by atoms with Gasteiger partial charge in [-0.05, 0) is 122 Å². The van der Waals surface area contributed by atoms with Crippen LogP contribution in [0.3, 0.4) is 0 Å². The summed E-state index contributed by atoms with van der Waals surface area (Å²) in [5.74, 6) is 7.66. The molecule has 0 aliphatic heterocycles. The number of fused-ring (bicyclic) bond motifs is 5. The van der Waals surface area contributed by atoms with Gasteiger partial charge in [0.2, 0.25) is 0 Å². The standard InChI is InChI=1S/C33H52/c1-23(2)10-9-11-24(3)29-16-17-30-28-15-14-27-22-26(25-12-7-6-8-13-25)18-20-32(27,4)31(28)19-21-33(29,30)5/h6-8,12-13,23-24,26-31H,9-11,14-22H2,1-5H3/t24-,26+,27?,28+,29-,30+,31+,32+,33-/m1/s1. The van der Waals surface area contributed by atoms with E-state index in [1.165, 1.54) is 64.2 Å². The monoisotopic (exact) mass is 448 g/mol. The first-order valence-electron chi connectivity index (χ1n) is 14.9. The van der Waals surface area contributed by atoms with E-state index in [-0.39, 0.29) is 0 Å². The van der Waals surface area contributed by atoms with Gasteiger partial charge < -0.3 is 0 Å². The zero-order chi connectivity index (χ0) is 23.2. The van der Waals surface area contributed by atoms with Crippen molar-refractivity contribution >= 4 is 0 Å². The van der Waals surface area contributed by atoms with Crippen LogP contribution in [0, 0.1) is 52.3 Å². The van der Waals surface area contributed by atoms with Crippen LogP contribution in [0.2, 0.25) is 0 Å². The normalized spacial score (nSPS) is 43.6. The molecule has 0 bridgehead atoms. The van der Waals surface area contributed by atoms with E-state index in [0.717, 1.165) is 47.3 Å². The first-order valence-corrected chi connectivity index (χ1v) is 14.9. The van der Waals surface area contributed by atoms with Crippen molar-refractivity contribution in [3.05, 3.63) is 35.9 Å². The van der Waals surface area contributed by atoms with Crippen LogP contribution in [0.4, 0.5) is 0 Å². The Morgan fingerprint density at radius 1 is 0.788 bits per heavy atom. The molecule has 1 aromatic rings. The van der Waals surface area contributed by atoms with Crippen molar-refractivity contribution in [2.45, 2.75) is 118 Å². The number of rotatable bonds is 6. The van der Waals surface area contributed by atoms with Crippen molar-refractivity contribution in [2.75, 3.05) is 0 Å². The largest absolute Gasteiger partial charge is 0.0628 e. The van der Waals surface area contributed by atoms with E-state index in [0.29, 0.717) is 10.8 Å². The Bertz CT molecular complexity index is 778. The Labute approximate surface area is 205 Å². The third kappa shape index (κ3) is 4.25. The van der Waals surface area contributed by atoms with Gasteiger partial charge in [-0.1, -0.05) is 84.2 Å². The molecule has 0 spiro atoms. The minimum Gasteiger partial charge on any atom is -0.0628 e. The lowest BCUT2D eigenvalue weighted by Gasteiger charge is -2.61. The molecule has 4 aliphatic carbocycles. The predicted octanol–water partition coefficient (Wildman–Crippen LogP) is 9.89. The van der Waals surface area contributed by atoms with Gasteiger partial charge in [0.25, 0.3) is 0 Å². The summed E-state index contributed by atoms with van der Waals surface area (Å²) >= 11 is 0. The Hall–Kier alpha value is -0.780. The topological polar surface area (TPSA) is 0 Å². The molecule has 0 amide bonds. The van der Waals surface area contributed by atoms with E-state index in [1.807, 2.05) is 0 Å². The summed E-state index contributed by atoms with van der Waals surface area (Å²) in [6, 6.07) is 11.5. The quantitative estimate of drug-likeness (QED) is 0.406. The highest BCUT2D eigenvalue weighted by Crippen LogP contribution is 2.69. The predicted molar refractivity (Wildman–Crippen MR) is 142 cm³/mol.